The summed E-state index contributed by atoms with van der Waals surface area (Å²) < 4.78 is 26.7. The van der Waals surface area contributed by atoms with E-state index in [1.165, 1.54) is 4.31 Å². The third kappa shape index (κ3) is 4.64. The number of hydrogen-bond donors (Lipinski definition) is 0. The van der Waals surface area contributed by atoms with Crippen LogP contribution in [0.5, 0.6) is 0 Å². The average molecular weight is 399 g/mol. The molecule has 0 aliphatic carbocycles. The van der Waals surface area contributed by atoms with Gasteiger partial charge in [0.1, 0.15) is 0 Å². The van der Waals surface area contributed by atoms with Crippen LogP contribution in [0.15, 0.2) is 33.6 Å². The lowest BCUT2D eigenvalue weighted by atomic mass is 10.2. The first-order valence-electron chi connectivity index (χ1n) is 5.76. The Labute approximate surface area is 126 Å². The molecule has 0 N–H and O–H groups in total. The third-order valence-electron chi connectivity index (χ3n) is 2.61. The van der Waals surface area contributed by atoms with E-state index in [9.17, 15) is 8.42 Å². The average Bonchev–Trinajstić information content (AvgIpc) is 2.34. The van der Waals surface area contributed by atoms with Crippen molar-refractivity contribution in [2.24, 2.45) is 0 Å². The van der Waals surface area contributed by atoms with Crippen LogP contribution in [0.1, 0.15) is 19.3 Å². The summed E-state index contributed by atoms with van der Waals surface area (Å²) in [5.41, 5.74) is 0. The number of sulfonamides is 1. The van der Waals surface area contributed by atoms with E-state index in [0.29, 0.717) is 11.4 Å². The molecule has 0 unspecified atom stereocenters. The molecule has 18 heavy (non-hydrogen) atoms. The van der Waals surface area contributed by atoms with Crippen molar-refractivity contribution in [3.63, 3.8) is 0 Å². The standard InChI is InChI=1S/C12H17Br2NO2S/c1-15(9-4-2-3-8-13)18(16,17)12-7-5-6-11(14)10-12/h5-7,10H,2-4,8-9H2,1H3. The number of rotatable bonds is 7. The fourth-order valence-corrected chi connectivity index (χ4v) is 3.74. The molecule has 0 aromatic heterocycles. The predicted octanol–water partition coefficient (Wildman–Crippen LogP) is 3.63. The molecule has 1 rings (SSSR count). The highest BCUT2D eigenvalue weighted by Crippen LogP contribution is 2.19. The number of alkyl halides is 1. The minimum Gasteiger partial charge on any atom is -0.207 e. The molecule has 0 aliphatic heterocycles. The summed E-state index contributed by atoms with van der Waals surface area (Å²) in [6.07, 6.45) is 2.99. The lowest BCUT2D eigenvalue weighted by Crippen LogP contribution is -2.28. The van der Waals surface area contributed by atoms with Gasteiger partial charge in [0.25, 0.3) is 0 Å². The van der Waals surface area contributed by atoms with Gasteiger partial charge in [0, 0.05) is 23.4 Å². The number of benzene rings is 1. The van der Waals surface area contributed by atoms with E-state index in [4.69, 9.17) is 0 Å². The van der Waals surface area contributed by atoms with Gasteiger partial charge in [0.05, 0.1) is 4.90 Å². The summed E-state index contributed by atoms with van der Waals surface area (Å²) >= 11 is 6.65. The Hall–Kier alpha value is 0.0900. The van der Waals surface area contributed by atoms with Gasteiger partial charge in [0.15, 0.2) is 0 Å². The summed E-state index contributed by atoms with van der Waals surface area (Å²) in [7, 11) is -1.73. The molecule has 6 heteroatoms. The Morgan fingerprint density at radius 3 is 2.56 bits per heavy atom. The molecule has 0 spiro atoms. The maximum atomic E-state index is 12.2. The first-order chi connectivity index (χ1) is 8.48. The van der Waals surface area contributed by atoms with E-state index in [2.05, 4.69) is 31.9 Å². The van der Waals surface area contributed by atoms with Gasteiger partial charge in [-0.1, -0.05) is 44.3 Å². The van der Waals surface area contributed by atoms with Crippen molar-refractivity contribution in [3.8, 4) is 0 Å². The van der Waals surface area contributed by atoms with Gasteiger partial charge in [-0.2, -0.15) is 0 Å². The Morgan fingerprint density at radius 1 is 1.22 bits per heavy atom. The van der Waals surface area contributed by atoms with E-state index in [1.807, 2.05) is 6.07 Å². The van der Waals surface area contributed by atoms with Crippen molar-refractivity contribution in [2.75, 3.05) is 18.9 Å². The molecule has 0 saturated heterocycles. The monoisotopic (exact) mass is 397 g/mol. The van der Waals surface area contributed by atoms with Crippen molar-refractivity contribution in [1.29, 1.82) is 0 Å². The van der Waals surface area contributed by atoms with Gasteiger partial charge in [-0.25, -0.2) is 12.7 Å². The van der Waals surface area contributed by atoms with Crippen molar-refractivity contribution >= 4 is 41.9 Å². The summed E-state index contributed by atoms with van der Waals surface area (Å²) in [5.74, 6) is 0. The highest BCUT2D eigenvalue weighted by molar-refractivity contribution is 9.10. The van der Waals surface area contributed by atoms with Crippen LogP contribution in [-0.2, 0) is 10.0 Å². The second-order valence-corrected chi connectivity index (χ2v) is 7.79. The summed E-state index contributed by atoms with van der Waals surface area (Å²) in [6, 6.07) is 6.80. The SMILES string of the molecule is CN(CCCCCBr)S(=O)(=O)c1cccc(Br)c1. The van der Waals surface area contributed by atoms with Crippen molar-refractivity contribution < 1.29 is 8.42 Å². The van der Waals surface area contributed by atoms with Gasteiger partial charge in [-0.3, -0.25) is 0 Å². The molecule has 0 aliphatic rings. The number of hydrogen-bond acceptors (Lipinski definition) is 2. The van der Waals surface area contributed by atoms with Gasteiger partial charge in [-0.15, -0.1) is 0 Å². The van der Waals surface area contributed by atoms with E-state index < -0.39 is 10.0 Å². The fraction of sp³-hybridized carbons (Fsp3) is 0.500. The minimum atomic E-state index is -3.36. The predicted molar refractivity (Wildman–Crippen MR) is 81.6 cm³/mol. The van der Waals surface area contributed by atoms with Gasteiger partial charge >= 0.3 is 0 Å². The van der Waals surface area contributed by atoms with Gasteiger partial charge in [-0.05, 0) is 31.0 Å². The Balaban J connectivity index is 2.68. The molecule has 0 atom stereocenters. The van der Waals surface area contributed by atoms with E-state index in [0.717, 1.165) is 29.1 Å². The lowest BCUT2D eigenvalue weighted by Gasteiger charge is -2.17. The third-order valence-corrected chi connectivity index (χ3v) is 5.52. The zero-order valence-corrected chi connectivity index (χ0v) is 14.3. The normalized spacial score (nSPS) is 12.0. The topological polar surface area (TPSA) is 37.4 Å². The second kappa shape index (κ2) is 7.62. The van der Waals surface area contributed by atoms with Crippen molar-refractivity contribution in [2.45, 2.75) is 24.2 Å². The maximum absolute atomic E-state index is 12.2. The van der Waals surface area contributed by atoms with E-state index >= 15 is 0 Å². The quantitative estimate of drug-likeness (QED) is 0.519. The molecule has 0 saturated carbocycles. The Bertz CT molecular complexity index is 477. The smallest absolute Gasteiger partial charge is 0.207 e. The van der Waals surface area contributed by atoms with Crippen LogP contribution in [0, 0.1) is 0 Å². The van der Waals surface area contributed by atoms with Gasteiger partial charge < -0.3 is 0 Å². The molecule has 102 valence electrons. The molecule has 0 bridgehead atoms. The molecule has 0 amide bonds. The molecule has 0 fully saturated rings. The summed E-state index contributed by atoms with van der Waals surface area (Å²) in [4.78, 5) is 0.333. The second-order valence-electron chi connectivity index (χ2n) is 4.03. The number of unbranched alkanes of at least 4 members (excludes halogenated alkanes) is 2. The first-order valence-corrected chi connectivity index (χ1v) is 9.12. The summed E-state index contributed by atoms with van der Waals surface area (Å²) in [6.45, 7) is 0.557. The van der Waals surface area contributed by atoms with Crippen LogP contribution in [0.3, 0.4) is 0 Å². The Morgan fingerprint density at radius 2 is 1.94 bits per heavy atom. The molecule has 3 nitrogen and oxygen atoms in total. The largest absolute Gasteiger partial charge is 0.242 e. The molecule has 0 radical (unpaired) electrons. The van der Waals surface area contributed by atoms with Crippen molar-refractivity contribution in [3.05, 3.63) is 28.7 Å². The summed E-state index contributed by atoms with van der Waals surface area (Å²) in [5, 5.41) is 0.967. The molecular formula is C12H17Br2NO2S. The maximum Gasteiger partial charge on any atom is 0.242 e. The molecular weight excluding hydrogens is 382 g/mol. The van der Waals surface area contributed by atoms with Crippen LogP contribution in [-0.4, -0.2) is 31.6 Å². The highest BCUT2D eigenvalue weighted by atomic mass is 79.9. The minimum absolute atomic E-state index is 0.333. The highest BCUT2D eigenvalue weighted by Gasteiger charge is 2.20. The lowest BCUT2D eigenvalue weighted by molar-refractivity contribution is 0.454. The van der Waals surface area contributed by atoms with Crippen LogP contribution in [0.25, 0.3) is 0 Å². The van der Waals surface area contributed by atoms with E-state index in [1.54, 1.807) is 25.2 Å². The Kier molecular flexibility index (Phi) is 6.84. The van der Waals surface area contributed by atoms with Crippen LogP contribution in [0.4, 0.5) is 0 Å². The molecule has 0 heterocycles. The zero-order chi connectivity index (χ0) is 13.6. The first kappa shape index (κ1) is 16.1. The molecule has 1 aromatic carbocycles. The van der Waals surface area contributed by atoms with Crippen LogP contribution >= 0.6 is 31.9 Å². The zero-order valence-electron chi connectivity index (χ0n) is 10.3. The molecule has 1 aromatic rings. The number of halogens is 2. The van der Waals surface area contributed by atoms with E-state index in [-0.39, 0.29) is 0 Å². The fourth-order valence-electron chi connectivity index (χ4n) is 1.53. The number of nitrogens with zero attached hydrogens (tertiary/aromatic N) is 1. The van der Waals surface area contributed by atoms with Gasteiger partial charge in [0.2, 0.25) is 10.0 Å². The van der Waals surface area contributed by atoms with Crippen LogP contribution < -0.4 is 0 Å². The van der Waals surface area contributed by atoms with Crippen molar-refractivity contribution in [1.82, 2.24) is 4.31 Å². The van der Waals surface area contributed by atoms with Crippen LogP contribution in [0.2, 0.25) is 0 Å².